The standard InChI is InChI=1S/C35H41F3N6O11S/c36-35(37,38)34(43-44-34)20-13-19(31(49)40-24-6-5-21(45)16-23(24)26(46)17-27(47)32(50)51)14-22(15-20)55-12-11-54-10-9-53-8-7-39-29(48)4-2-1-3-28-30-25(18-56-28)41-33(52)42-30/h5-6,13-16,25,27-28,30,45,47H,1-4,7-12,17-18H2,(H,39,48)(H,40,49)(H,50,51)(H2,41,42,52)/t25?,27-,28-,30?/m0/s1. The minimum absolute atomic E-state index is 0.00413. The number of thioether (sulfide) groups is 1. The molecule has 2 unspecified atom stereocenters. The zero-order valence-electron chi connectivity index (χ0n) is 29.8. The number of carbonyl (C=O) groups excluding carboxylic acids is 4. The normalized spacial score (nSPS) is 19.7. The van der Waals surface area contributed by atoms with Crippen LogP contribution in [0.4, 0.5) is 23.7 Å². The largest absolute Gasteiger partial charge is 0.508 e. The van der Waals surface area contributed by atoms with E-state index in [9.17, 15) is 47.4 Å². The Hall–Kier alpha value is -4.99. The van der Waals surface area contributed by atoms with Crippen LogP contribution in [0, 0.1) is 0 Å². The van der Waals surface area contributed by atoms with E-state index in [0.717, 1.165) is 61.4 Å². The number of benzene rings is 2. The first-order valence-electron chi connectivity index (χ1n) is 17.7. The van der Waals surface area contributed by atoms with Crippen LogP contribution in [0.15, 0.2) is 46.6 Å². The first-order chi connectivity index (χ1) is 26.7. The number of anilines is 1. The Morgan fingerprint density at radius 2 is 1.73 bits per heavy atom. The molecular weight excluding hydrogens is 769 g/mol. The molecule has 21 heteroatoms. The summed E-state index contributed by atoms with van der Waals surface area (Å²) in [5, 5.41) is 46.2. The fraction of sp³-hybridized carbons (Fsp3) is 0.514. The van der Waals surface area contributed by atoms with Crippen LogP contribution < -0.4 is 26.0 Å². The summed E-state index contributed by atoms with van der Waals surface area (Å²) in [4.78, 5) is 60.7. The smallest absolute Gasteiger partial charge is 0.442 e. The molecule has 304 valence electrons. The summed E-state index contributed by atoms with van der Waals surface area (Å²) < 4.78 is 58.3. The molecule has 0 radical (unpaired) electrons. The second-order valence-corrected chi connectivity index (χ2v) is 14.3. The highest BCUT2D eigenvalue weighted by Crippen LogP contribution is 2.53. The summed E-state index contributed by atoms with van der Waals surface area (Å²) in [6.07, 6.45) is -4.96. The van der Waals surface area contributed by atoms with Gasteiger partial charge in [-0.3, -0.25) is 14.4 Å². The Kier molecular flexibility index (Phi) is 14.1. The first kappa shape index (κ1) is 42.2. The fourth-order valence-electron chi connectivity index (χ4n) is 6.06. The van der Waals surface area contributed by atoms with Crippen molar-refractivity contribution in [2.45, 2.75) is 67.4 Å². The van der Waals surface area contributed by atoms with Gasteiger partial charge in [0.05, 0.1) is 44.2 Å². The molecule has 3 aliphatic rings. The summed E-state index contributed by atoms with van der Waals surface area (Å²) in [5.41, 5.74) is -4.32. The highest BCUT2D eigenvalue weighted by molar-refractivity contribution is 8.00. The minimum atomic E-state index is -4.93. The number of aromatic hydroxyl groups is 1. The number of Topliss-reactive ketones (excluding diaryl/α,β-unsaturated/α-hetero) is 1. The lowest BCUT2D eigenvalue weighted by atomic mass is 9.99. The number of nitrogens with zero attached hydrogens (tertiary/aromatic N) is 2. The third-order valence-electron chi connectivity index (χ3n) is 9.00. The number of ketones is 1. The predicted octanol–water partition coefficient (Wildman–Crippen LogP) is 3.10. The number of halogens is 3. The zero-order chi connectivity index (χ0) is 40.5. The molecule has 2 saturated heterocycles. The SMILES string of the molecule is O=C(CCCC[C@@H]1SCC2NC(=O)NC21)NCCOCCOCCOc1cc(C(=O)Nc2ccc(O)cc2C(=O)C[C@H](O)C(=O)O)cc(C2(C(F)(F)F)N=N2)c1. The summed E-state index contributed by atoms with van der Waals surface area (Å²) in [6, 6.07) is 6.46. The molecule has 0 saturated carbocycles. The van der Waals surface area contributed by atoms with E-state index in [4.69, 9.17) is 19.3 Å². The third kappa shape index (κ3) is 11.1. The Morgan fingerprint density at radius 3 is 2.45 bits per heavy atom. The number of ether oxygens (including phenoxy) is 3. The van der Waals surface area contributed by atoms with Crippen LogP contribution in [0.5, 0.6) is 11.5 Å². The number of phenolic OH excluding ortho intramolecular Hbond substituents is 1. The maximum atomic E-state index is 13.9. The molecule has 2 aromatic carbocycles. The van der Waals surface area contributed by atoms with Crippen LogP contribution in [0.1, 0.15) is 58.4 Å². The molecule has 3 heterocycles. The molecule has 3 aliphatic heterocycles. The molecule has 56 heavy (non-hydrogen) atoms. The lowest BCUT2D eigenvalue weighted by Crippen LogP contribution is -2.36. The van der Waals surface area contributed by atoms with Crippen LogP contribution in [0.2, 0.25) is 0 Å². The summed E-state index contributed by atoms with van der Waals surface area (Å²) in [5.74, 6) is -3.36. The monoisotopic (exact) mass is 810 g/mol. The number of alkyl halides is 3. The van der Waals surface area contributed by atoms with E-state index in [1.807, 2.05) is 11.8 Å². The van der Waals surface area contributed by atoms with Gasteiger partial charge in [0.2, 0.25) is 5.91 Å². The number of aliphatic hydroxyl groups excluding tert-OH is 1. The molecule has 0 aliphatic carbocycles. The Morgan fingerprint density at radius 1 is 1.00 bits per heavy atom. The molecule has 4 amide bonds. The number of amides is 4. The van der Waals surface area contributed by atoms with E-state index in [0.29, 0.717) is 18.2 Å². The maximum Gasteiger partial charge on any atom is 0.442 e. The number of rotatable bonds is 22. The number of unbranched alkanes of at least 4 members (excludes halogenated alkanes) is 1. The molecule has 4 atom stereocenters. The number of fused-ring (bicyclic) bond motifs is 1. The van der Waals surface area contributed by atoms with Crippen LogP contribution in [0.3, 0.4) is 0 Å². The van der Waals surface area contributed by atoms with Crippen molar-refractivity contribution < 1.29 is 66.7 Å². The zero-order valence-corrected chi connectivity index (χ0v) is 30.6. The Labute approximate surface area is 322 Å². The van der Waals surface area contributed by atoms with Crippen molar-refractivity contribution in [3.05, 3.63) is 53.1 Å². The number of carbonyl (C=O) groups is 5. The first-order valence-corrected chi connectivity index (χ1v) is 18.7. The number of carboxylic acid groups (broad SMARTS) is 1. The summed E-state index contributed by atoms with van der Waals surface area (Å²) in [6.45, 7) is 0.756. The highest BCUT2D eigenvalue weighted by Gasteiger charge is 2.65. The van der Waals surface area contributed by atoms with Crippen molar-refractivity contribution >= 4 is 47.0 Å². The van der Waals surface area contributed by atoms with Crippen molar-refractivity contribution in [3.8, 4) is 11.5 Å². The van der Waals surface area contributed by atoms with Gasteiger partial charge in [-0.1, -0.05) is 6.42 Å². The highest BCUT2D eigenvalue weighted by atomic mass is 32.2. The van der Waals surface area contributed by atoms with E-state index in [2.05, 4.69) is 31.5 Å². The van der Waals surface area contributed by atoms with Crippen LogP contribution in [-0.4, -0.2) is 120 Å². The van der Waals surface area contributed by atoms with Gasteiger partial charge in [-0.25, -0.2) is 9.59 Å². The van der Waals surface area contributed by atoms with Gasteiger partial charge in [0.25, 0.3) is 5.91 Å². The van der Waals surface area contributed by atoms with Gasteiger partial charge >= 0.3 is 23.8 Å². The van der Waals surface area contributed by atoms with Gasteiger partial charge < -0.3 is 50.8 Å². The number of urea groups is 1. The Balaban J connectivity index is 1.03. The van der Waals surface area contributed by atoms with E-state index in [1.165, 1.54) is 0 Å². The topological polar surface area (TPSA) is 247 Å². The fourth-order valence-corrected chi connectivity index (χ4v) is 7.61. The van der Waals surface area contributed by atoms with Gasteiger partial charge in [-0.05, 0) is 49.2 Å². The molecular formula is C35H41F3N6O11S. The molecule has 17 nitrogen and oxygen atoms in total. The quantitative estimate of drug-likeness (QED) is 0.0393. The van der Waals surface area contributed by atoms with Crippen LogP contribution >= 0.6 is 11.8 Å². The predicted molar refractivity (Wildman–Crippen MR) is 192 cm³/mol. The number of nitrogens with one attached hydrogen (secondary N) is 4. The average molecular weight is 811 g/mol. The number of hydrogen-bond acceptors (Lipinski definition) is 13. The lowest BCUT2D eigenvalue weighted by Gasteiger charge is -2.18. The number of aliphatic hydroxyl groups is 1. The average Bonchev–Trinajstić information content (AvgIpc) is 3.79. The molecule has 2 fully saturated rings. The van der Waals surface area contributed by atoms with Crippen molar-refractivity contribution in [2.24, 2.45) is 10.2 Å². The molecule has 0 aromatic heterocycles. The van der Waals surface area contributed by atoms with Crippen molar-refractivity contribution in [2.75, 3.05) is 50.6 Å². The summed E-state index contributed by atoms with van der Waals surface area (Å²) >= 11 is 1.83. The molecule has 0 spiro atoms. The van der Waals surface area contributed by atoms with Gasteiger partial charge in [-0.15, -0.1) is 10.2 Å². The van der Waals surface area contributed by atoms with E-state index in [1.54, 1.807) is 0 Å². The van der Waals surface area contributed by atoms with Gasteiger partial charge in [0.1, 0.15) is 18.1 Å². The minimum Gasteiger partial charge on any atom is -0.508 e. The molecule has 5 rings (SSSR count). The number of phenols is 1. The van der Waals surface area contributed by atoms with Crippen LogP contribution in [-0.2, 0) is 24.7 Å². The molecule has 2 aromatic rings. The number of carboxylic acids is 1. The molecule has 7 N–H and O–H groups in total. The third-order valence-corrected chi connectivity index (χ3v) is 10.5. The van der Waals surface area contributed by atoms with Crippen LogP contribution in [0.25, 0.3) is 0 Å². The van der Waals surface area contributed by atoms with Crippen molar-refractivity contribution in [3.63, 3.8) is 0 Å². The second kappa shape index (κ2) is 18.8. The second-order valence-electron chi connectivity index (χ2n) is 13.1. The maximum absolute atomic E-state index is 13.9. The van der Waals surface area contributed by atoms with E-state index in [-0.39, 0.29) is 79.6 Å². The van der Waals surface area contributed by atoms with Gasteiger partial charge in [-0.2, -0.15) is 24.9 Å². The molecule has 0 bridgehead atoms. The number of hydrogen-bond donors (Lipinski definition) is 7. The number of aliphatic carboxylic acids is 1. The lowest BCUT2D eigenvalue weighted by molar-refractivity contribution is -0.166. The Bertz CT molecular complexity index is 1810. The van der Waals surface area contributed by atoms with Crippen molar-refractivity contribution in [1.82, 2.24) is 16.0 Å². The summed E-state index contributed by atoms with van der Waals surface area (Å²) in [7, 11) is 0. The van der Waals surface area contributed by atoms with Gasteiger partial charge in [0, 0.05) is 47.1 Å². The van der Waals surface area contributed by atoms with Gasteiger partial charge in [0.15, 0.2) is 11.9 Å². The van der Waals surface area contributed by atoms with E-state index >= 15 is 0 Å². The van der Waals surface area contributed by atoms with Crippen molar-refractivity contribution in [1.29, 1.82) is 0 Å². The van der Waals surface area contributed by atoms with E-state index < -0.39 is 53.3 Å².